The predicted octanol–water partition coefficient (Wildman–Crippen LogP) is -0.913. The summed E-state index contributed by atoms with van der Waals surface area (Å²) in [7, 11) is 2.05. The van der Waals surface area contributed by atoms with Crippen LogP contribution in [0.4, 0.5) is 0 Å². The summed E-state index contributed by atoms with van der Waals surface area (Å²) in [5.41, 5.74) is 0. The molecule has 0 aliphatic carbocycles. The maximum atomic E-state index is 12.4. The van der Waals surface area contributed by atoms with E-state index in [1.54, 1.807) is 0 Å². The van der Waals surface area contributed by atoms with E-state index in [1.165, 1.54) is 0 Å². The van der Waals surface area contributed by atoms with Crippen LogP contribution in [0.2, 0.25) is 0 Å². The minimum absolute atomic E-state index is 0.183. The van der Waals surface area contributed by atoms with Gasteiger partial charge < -0.3 is 0 Å². The molecule has 0 aromatic rings. The zero-order valence-electron chi connectivity index (χ0n) is 18.0. The zero-order chi connectivity index (χ0) is 21.2. The molecule has 3 saturated heterocycles. The topological polar surface area (TPSA) is 82.6 Å². The van der Waals surface area contributed by atoms with Gasteiger partial charge in [0.15, 0.2) is 0 Å². The molecule has 0 saturated carbocycles. The molecule has 0 N–H and O–H groups in total. The van der Waals surface area contributed by atoms with Crippen LogP contribution in [0, 0.1) is 5.92 Å². The van der Waals surface area contributed by atoms with Crippen LogP contribution >= 0.6 is 0 Å². The van der Waals surface area contributed by atoms with Crippen LogP contribution in [-0.4, -0.2) is 134 Å². The molecule has 163 valence electrons. The standard InChI is InChI=1S/C19H36N4O5.Ga/c1-16(2)12-17(24)13-21-8-10-22(14-18(25)26)6-4-20(3)5-7-23(11-9-21)15-19(27)28;/h16H,4-15H2,1-3H3,(H,25,26)(H,27,28);/q;+2/p-2. The van der Waals surface area contributed by atoms with Gasteiger partial charge in [0.2, 0.25) is 0 Å². The van der Waals surface area contributed by atoms with Gasteiger partial charge in [0.1, 0.15) is 0 Å². The summed E-state index contributed by atoms with van der Waals surface area (Å²) >= 11 is -1.80. The van der Waals surface area contributed by atoms with Crippen molar-refractivity contribution in [2.45, 2.75) is 20.3 Å². The third-order valence-electron chi connectivity index (χ3n) is 5.16. The number of hydrogen-bond donors (Lipinski definition) is 0. The molecule has 10 heteroatoms. The molecular weight excluding hydrogens is 434 g/mol. The number of rotatable bonds is 4. The van der Waals surface area contributed by atoms with Crippen molar-refractivity contribution in [3.05, 3.63) is 0 Å². The molecule has 3 fully saturated rings. The molecule has 0 spiro atoms. The van der Waals surface area contributed by atoms with Crippen LogP contribution in [0.25, 0.3) is 0 Å². The SMILES string of the molecule is CC(C)CC(=O)CN1CCN2CCN(C)CCN(CC1)CC(=O)[O][Ga][O]C(=O)C2. The quantitative estimate of drug-likeness (QED) is 0.487. The van der Waals surface area contributed by atoms with Gasteiger partial charge in [-0.3, -0.25) is 0 Å². The number of fused-ring (bicyclic) bond motifs is 14. The van der Waals surface area contributed by atoms with Crippen molar-refractivity contribution in [3.63, 3.8) is 0 Å². The Labute approximate surface area is 182 Å². The van der Waals surface area contributed by atoms with Gasteiger partial charge in [-0.25, -0.2) is 0 Å². The van der Waals surface area contributed by atoms with Crippen molar-refractivity contribution in [1.29, 1.82) is 0 Å². The number of carbonyl (C=O) groups excluding carboxylic acids is 3. The van der Waals surface area contributed by atoms with E-state index in [0.717, 1.165) is 26.2 Å². The Kier molecular flexibility index (Phi) is 10.7. The van der Waals surface area contributed by atoms with Crippen molar-refractivity contribution in [2.24, 2.45) is 5.92 Å². The summed E-state index contributed by atoms with van der Waals surface area (Å²) in [6.07, 6.45) is 0.568. The van der Waals surface area contributed by atoms with Gasteiger partial charge in [0.05, 0.1) is 0 Å². The van der Waals surface area contributed by atoms with Crippen molar-refractivity contribution in [2.75, 3.05) is 79.0 Å². The summed E-state index contributed by atoms with van der Waals surface area (Å²) in [5.74, 6) is -0.107. The summed E-state index contributed by atoms with van der Waals surface area (Å²) in [4.78, 5) is 45.2. The molecule has 0 aromatic carbocycles. The van der Waals surface area contributed by atoms with Gasteiger partial charge >= 0.3 is 182 Å². The van der Waals surface area contributed by atoms with Gasteiger partial charge in [-0.1, -0.05) is 0 Å². The monoisotopic (exact) mass is 467 g/mol. The van der Waals surface area contributed by atoms with Crippen molar-refractivity contribution < 1.29 is 21.4 Å². The van der Waals surface area contributed by atoms with Crippen molar-refractivity contribution >= 4 is 35.9 Å². The second-order valence-electron chi connectivity index (χ2n) is 8.34. The maximum absolute atomic E-state index is 12.4. The van der Waals surface area contributed by atoms with E-state index in [1.807, 2.05) is 13.8 Å². The average Bonchev–Trinajstić information content (AvgIpc) is 2.63. The summed E-state index contributed by atoms with van der Waals surface area (Å²) in [6, 6.07) is 0. The molecular formula is C19H34GaN4O5. The van der Waals surface area contributed by atoms with Crippen molar-refractivity contribution in [1.82, 2.24) is 19.6 Å². The van der Waals surface area contributed by atoms with Crippen molar-refractivity contribution in [3.8, 4) is 0 Å². The second kappa shape index (κ2) is 12.7. The molecule has 0 aromatic heterocycles. The Morgan fingerprint density at radius 2 is 1.38 bits per heavy atom. The fourth-order valence-electron chi connectivity index (χ4n) is 3.45. The Balaban J connectivity index is 2.15. The molecule has 2 atom stereocenters. The predicted molar refractivity (Wildman–Crippen MR) is 109 cm³/mol. The molecule has 9 nitrogen and oxygen atoms in total. The van der Waals surface area contributed by atoms with Crippen LogP contribution < -0.4 is 0 Å². The third-order valence-corrected chi connectivity index (χ3v) is 6.67. The number of likely N-dealkylation sites (N-methyl/N-ethyl adjacent to an activating group) is 1. The van der Waals surface area contributed by atoms with E-state index in [4.69, 9.17) is 7.06 Å². The van der Waals surface area contributed by atoms with E-state index in [2.05, 4.69) is 26.6 Å². The summed E-state index contributed by atoms with van der Waals surface area (Å²) in [6.45, 7) is 10.8. The van der Waals surface area contributed by atoms with Gasteiger partial charge in [0, 0.05) is 0 Å². The van der Waals surface area contributed by atoms with Gasteiger partial charge in [-0.2, -0.15) is 0 Å². The first-order valence-electron chi connectivity index (χ1n) is 10.4. The summed E-state index contributed by atoms with van der Waals surface area (Å²) < 4.78 is 10.4. The number of Topliss-reactive ketones (excluding diaryl/α,β-unsaturated/α-hetero) is 1. The van der Waals surface area contributed by atoms with Gasteiger partial charge in [-0.15, -0.1) is 0 Å². The molecule has 3 heterocycles. The first kappa shape index (κ1) is 24.4. The fourth-order valence-corrected chi connectivity index (χ4v) is 4.32. The Morgan fingerprint density at radius 1 is 0.897 bits per heavy atom. The first-order valence-corrected chi connectivity index (χ1v) is 12.4. The average molecular weight is 468 g/mol. The number of ketones is 1. The normalized spacial score (nSPS) is 26.5. The minimum atomic E-state index is -1.80. The zero-order valence-corrected chi connectivity index (χ0v) is 20.4. The Morgan fingerprint density at radius 3 is 1.86 bits per heavy atom. The van der Waals surface area contributed by atoms with Crippen LogP contribution in [0.3, 0.4) is 0 Å². The molecule has 2 unspecified atom stereocenters. The van der Waals surface area contributed by atoms with Crippen LogP contribution in [-0.2, 0) is 21.4 Å². The summed E-state index contributed by atoms with van der Waals surface area (Å²) in [5, 5.41) is 0. The fraction of sp³-hybridized carbons (Fsp3) is 0.842. The van der Waals surface area contributed by atoms with Gasteiger partial charge in [0.25, 0.3) is 0 Å². The van der Waals surface area contributed by atoms with Crippen LogP contribution in [0.5, 0.6) is 0 Å². The number of carbonyl (C=O) groups is 3. The second-order valence-corrected chi connectivity index (χ2v) is 9.74. The van der Waals surface area contributed by atoms with E-state index in [0.29, 0.717) is 45.1 Å². The molecule has 2 bridgehead atoms. The van der Waals surface area contributed by atoms with E-state index < -0.39 is 18.1 Å². The Hall–Kier alpha value is -0.914. The van der Waals surface area contributed by atoms with E-state index >= 15 is 0 Å². The van der Waals surface area contributed by atoms with E-state index in [-0.39, 0.29) is 30.8 Å². The molecule has 3 aliphatic rings. The van der Waals surface area contributed by atoms with Crippen LogP contribution in [0.1, 0.15) is 20.3 Å². The molecule has 3 aliphatic heterocycles. The van der Waals surface area contributed by atoms with Crippen LogP contribution in [0.15, 0.2) is 0 Å². The Bertz CT molecular complexity index is 529. The van der Waals surface area contributed by atoms with E-state index in [9.17, 15) is 14.4 Å². The third kappa shape index (κ3) is 10.1. The first-order chi connectivity index (χ1) is 13.8. The molecule has 3 rings (SSSR count). The number of nitrogens with zero attached hydrogens (tertiary/aromatic N) is 4. The molecule has 1 radical (unpaired) electrons. The molecule has 0 amide bonds. The van der Waals surface area contributed by atoms with Gasteiger partial charge in [-0.05, 0) is 0 Å². The molecule has 29 heavy (non-hydrogen) atoms. The number of hydrogen-bond acceptors (Lipinski definition) is 9.